The molecule has 0 spiro atoms. The van der Waals surface area contributed by atoms with E-state index in [0.29, 0.717) is 17.4 Å². The topological polar surface area (TPSA) is 47.6 Å². The Balaban J connectivity index is 2.70. The highest BCUT2D eigenvalue weighted by Crippen LogP contribution is 2.31. The van der Waals surface area contributed by atoms with E-state index in [-0.39, 0.29) is 24.5 Å². The highest BCUT2D eigenvalue weighted by atomic mass is 35.5. The van der Waals surface area contributed by atoms with Crippen LogP contribution in [0.1, 0.15) is 37.8 Å². The van der Waals surface area contributed by atoms with E-state index in [4.69, 9.17) is 21.1 Å². The second kappa shape index (κ2) is 8.25. The van der Waals surface area contributed by atoms with Crippen LogP contribution in [-0.4, -0.2) is 32.3 Å². The van der Waals surface area contributed by atoms with Gasteiger partial charge in [0.15, 0.2) is 6.61 Å². The van der Waals surface area contributed by atoms with Crippen LogP contribution in [0.4, 0.5) is 0 Å². The molecule has 0 aliphatic carbocycles. The number of hydrogen-bond donors (Lipinski definition) is 1. The minimum atomic E-state index is -0.165. The largest absolute Gasteiger partial charge is 0.483 e. The Morgan fingerprint density at radius 3 is 2.57 bits per heavy atom. The molecule has 0 radical (unpaired) electrons. The third-order valence-corrected chi connectivity index (χ3v) is 3.50. The lowest BCUT2D eigenvalue weighted by atomic mass is 10.0. The second-order valence-electron chi connectivity index (χ2n) is 5.51. The van der Waals surface area contributed by atoms with Gasteiger partial charge in [-0.1, -0.05) is 25.4 Å². The molecule has 0 aromatic heterocycles. The van der Waals surface area contributed by atoms with Crippen LogP contribution < -0.4 is 10.1 Å². The Morgan fingerprint density at radius 2 is 2.00 bits per heavy atom. The van der Waals surface area contributed by atoms with Gasteiger partial charge in [0, 0.05) is 18.2 Å². The van der Waals surface area contributed by atoms with Crippen LogP contribution in [0.3, 0.4) is 0 Å². The van der Waals surface area contributed by atoms with Gasteiger partial charge in [0.1, 0.15) is 5.75 Å². The summed E-state index contributed by atoms with van der Waals surface area (Å²) in [4.78, 5) is 11.8. The average molecular weight is 314 g/mol. The van der Waals surface area contributed by atoms with Crippen LogP contribution in [0.2, 0.25) is 5.02 Å². The third-order valence-electron chi connectivity index (χ3n) is 3.10. The van der Waals surface area contributed by atoms with Crippen LogP contribution >= 0.6 is 11.6 Å². The molecule has 1 aromatic carbocycles. The average Bonchev–Trinajstić information content (AvgIpc) is 2.39. The molecule has 21 heavy (non-hydrogen) atoms. The number of rotatable bonds is 7. The first-order valence-corrected chi connectivity index (χ1v) is 7.44. The Kier molecular flexibility index (Phi) is 6.99. The fourth-order valence-electron chi connectivity index (χ4n) is 2.00. The first-order chi connectivity index (χ1) is 9.85. The van der Waals surface area contributed by atoms with Gasteiger partial charge >= 0.3 is 0 Å². The molecule has 0 heterocycles. The summed E-state index contributed by atoms with van der Waals surface area (Å²) in [6.45, 7) is 8.38. The normalized spacial score (nSPS) is 12.3. The Hall–Kier alpha value is -1.26. The van der Waals surface area contributed by atoms with Crippen molar-refractivity contribution in [1.82, 2.24) is 5.32 Å². The number of aryl methyl sites for hydroxylation is 1. The second-order valence-corrected chi connectivity index (χ2v) is 5.91. The SMILES string of the molecule is COC[C@H](C)NC(=O)COc1cc(C)c(Cl)cc1C(C)C. The molecule has 4 nitrogen and oxygen atoms in total. The summed E-state index contributed by atoms with van der Waals surface area (Å²) in [5, 5.41) is 3.52. The zero-order valence-corrected chi connectivity index (χ0v) is 14.1. The number of hydrogen-bond acceptors (Lipinski definition) is 3. The standard InChI is InChI=1S/C16H24ClNO3/c1-10(2)13-7-14(17)11(3)6-15(13)21-9-16(19)18-12(4)8-20-5/h6-7,10,12H,8-9H2,1-5H3,(H,18,19)/t12-/m0/s1. The van der Waals surface area contributed by atoms with Gasteiger partial charge in [0.25, 0.3) is 5.91 Å². The molecule has 0 unspecified atom stereocenters. The van der Waals surface area contributed by atoms with Crippen molar-refractivity contribution < 1.29 is 14.3 Å². The Morgan fingerprint density at radius 1 is 1.33 bits per heavy atom. The lowest BCUT2D eigenvalue weighted by molar-refractivity contribution is -0.124. The molecular weight excluding hydrogens is 290 g/mol. The number of ether oxygens (including phenoxy) is 2. The molecule has 5 heteroatoms. The number of halogens is 1. The predicted octanol–water partition coefficient (Wildman–Crippen LogP) is 3.30. The zero-order chi connectivity index (χ0) is 16.0. The lowest BCUT2D eigenvalue weighted by Gasteiger charge is -2.17. The van der Waals surface area contributed by atoms with E-state index in [1.807, 2.05) is 26.0 Å². The van der Waals surface area contributed by atoms with Crippen LogP contribution in [0, 0.1) is 6.92 Å². The zero-order valence-electron chi connectivity index (χ0n) is 13.3. The summed E-state index contributed by atoms with van der Waals surface area (Å²) in [6, 6.07) is 3.74. The van der Waals surface area contributed by atoms with Gasteiger partial charge in [-0.15, -0.1) is 0 Å². The van der Waals surface area contributed by atoms with Crippen molar-refractivity contribution in [1.29, 1.82) is 0 Å². The summed E-state index contributed by atoms with van der Waals surface area (Å²) >= 11 is 6.15. The molecule has 1 aromatic rings. The van der Waals surface area contributed by atoms with Gasteiger partial charge in [0.2, 0.25) is 0 Å². The molecule has 1 atom stereocenters. The fraction of sp³-hybridized carbons (Fsp3) is 0.562. The molecule has 0 aliphatic rings. The van der Waals surface area contributed by atoms with E-state index in [1.54, 1.807) is 7.11 Å². The van der Waals surface area contributed by atoms with E-state index in [2.05, 4.69) is 19.2 Å². The molecule has 0 bridgehead atoms. The van der Waals surface area contributed by atoms with Crippen LogP contribution in [0.25, 0.3) is 0 Å². The van der Waals surface area contributed by atoms with Gasteiger partial charge in [-0.05, 0) is 43.0 Å². The predicted molar refractivity (Wildman–Crippen MR) is 85.3 cm³/mol. The van der Waals surface area contributed by atoms with E-state index >= 15 is 0 Å². The summed E-state index contributed by atoms with van der Waals surface area (Å²) in [5.74, 6) is 0.817. The first-order valence-electron chi connectivity index (χ1n) is 7.06. The summed E-state index contributed by atoms with van der Waals surface area (Å²) < 4.78 is 10.6. The van der Waals surface area contributed by atoms with Gasteiger partial charge in [-0.2, -0.15) is 0 Å². The maximum Gasteiger partial charge on any atom is 0.258 e. The van der Waals surface area contributed by atoms with Gasteiger partial charge in [-0.3, -0.25) is 4.79 Å². The van der Waals surface area contributed by atoms with Crippen LogP contribution in [0.5, 0.6) is 5.75 Å². The van der Waals surface area contributed by atoms with E-state index in [9.17, 15) is 4.79 Å². The molecule has 1 rings (SSSR count). The van der Waals surface area contributed by atoms with Gasteiger partial charge < -0.3 is 14.8 Å². The van der Waals surface area contributed by atoms with Crippen LogP contribution in [-0.2, 0) is 9.53 Å². The van der Waals surface area contributed by atoms with Crippen molar-refractivity contribution in [3.8, 4) is 5.75 Å². The van der Waals surface area contributed by atoms with Gasteiger partial charge in [0.05, 0.1) is 6.61 Å². The van der Waals surface area contributed by atoms with E-state index in [1.165, 1.54) is 0 Å². The van der Waals surface area contributed by atoms with Crippen LogP contribution in [0.15, 0.2) is 12.1 Å². The molecule has 0 aliphatic heterocycles. The third kappa shape index (κ3) is 5.56. The molecule has 118 valence electrons. The maximum absolute atomic E-state index is 11.8. The molecule has 1 amide bonds. The molecule has 0 saturated carbocycles. The van der Waals surface area contributed by atoms with Crippen molar-refractivity contribution in [2.75, 3.05) is 20.3 Å². The number of carbonyl (C=O) groups excluding carboxylic acids is 1. The molecule has 0 saturated heterocycles. The summed E-state index contributed by atoms with van der Waals surface area (Å²) in [7, 11) is 1.60. The Bertz CT molecular complexity index is 489. The monoisotopic (exact) mass is 313 g/mol. The van der Waals surface area contributed by atoms with Crippen molar-refractivity contribution in [3.63, 3.8) is 0 Å². The minimum Gasteiger partial charge on any atom is -0.483 e. The maximum atomic E-state index is 11.8. The summed E-state index contributed by atoms with van der Waals surface area (Å²) in [6.07, 6.45) is 0. The van der Waals surface area contributed by atoms with Crippen molar-refractivity contribution in [3.05, 3.63) is 28.3 Å². The first kappa shape index (κ1) is 17.8. The molecular formula is C16H24ClNO3. The number of methoxy groups -OCH3 is 1. The summed E-state index contributed by atoms with van der Waals surface area (Å²) in [5.41, 5.74) is 1.94. The van der Waals surface area contributed by atoms with E-state index < -0.39 is 0 Å². The van der Waals surface area contributed by atoms with Crippen molar-refractivity contribution in [2.45, 2.75) is 39.7 Å². The van der Waals surface area contributed by atoms with Crippen molar-refractivity contribution in [2.24, 2.45) is 0 Å². The molecule has 0 fully saturated rings. The Labute approximate surface area is 131 Å². The highest BCUT2D eigenvalue weighted by molar-refractivity contribution is 6.31. The fourth-order valence-corrected chi connectivity index (χ4v) is 2.17. The highest BCUT2D eigenvalue weighted by Gasteiger charge is 2.13. The van der Waals surface area contributed by atoms with Gasteiger partial charge in [-0.25, -0.2) is 0 Å². The number of nitrogens with one attached hydrogen (secondary N) is 1. The van der Waals surface area contributed by atoms with Crippen molar-refractivity contribution >= 4 is 17.5 Å². The number of carbonyl (C=O) groups is 1. The number of amides is 1. The smallest absolute Gasteiger partial charge is 0.258 e. The molecule has 1 N–H and O–H groups in total. The number of benzene rings is 1. The van der Waals surface area contributed by atoms with E-state index in [0.717, 1.165) is 11.1 Å². The lowest BCUT2D eigenvalue weighted by Crippen LogP contribution is -2.38. The quantitative estimate of drug-likeness (QED) is 0.840. The minimum absolute atomic E-state index is 0.0190.